The Hall–Kier alpha value is -1.84. The molecule has 4 heteroatoms. The molecule has 0 saturated heterocycles. The largest absolute Gasteiger partial charge is 0.357 e. The molecule has 0 amide bonds. The molecule has 4 nitrogen and oxygen atoms in total. The summed E-state index contributed by atoms with van der Waals surface area (Å²) in [5.74, 6) is 2.43. The fourth-order valence-electron chi connectivity index (χ4n) is 2.64. The van der Waals surface area contributed by atoms with Crippen LogP contribution in [0.15, 0.2) is 24.3 Å². The van der Waals surface area contributed by atoms with Crippen LogP contribution in [0.2, 0.25) is 0 Å². The van der Waals surface area contributed by atoms with Crippen LogP contribution in [0.1, 0.15) is 33.6 Å². The molecule has 0 aliphatic carbocycles. The maximum absolute atomic E-state index is 4.72. The van der Waals surface area contributed by atoms with Crippen molar-refractivity contribution in [3.8, 4) is 0 Å². The highest BCUT2D eigenvalue weighted by molar-refractivity contribution is 5.90. The number of hydrogen-bond acceptors (Lipinski definition) is 4. The number of nitrogens with one attached hydrogen (secondary N) is 1. The van der Waals surface area contributed by atoms with Crippen molar-refractivity contribution in [3.63, 3.8) is 0 Å². The van der Waals surface area contributed by atoms with Gasteiger partial charge in [-0.1, -0.05) is 38.8 Å². The van der Waals surface area contributed by atoms with Gasteiger partial charge in [0, 0.05) is 25.5 Å². The van der Waals surface area contributed by atoms with E-state index in [4.69, 9.17) is 4.98 Å². The molecular formula is C17H26N4. The van der Waals surface area contributed by atoms with Crippen LogP contribution in [0.5, 0.6) is 0 Å². The zero-order chi connectivity index (χ0) is 15.2. The lowest BCUT2D eigenvalue weighted by atomic mass is 10.0. The van der Waals surface area contributed by atoms with Crippen LogP contribution in [-0.4, -0.2) is 30.1 Å². The van der Waals surface area contributed by atoms with E-state index in [-0.39, 0.29) is 0 Å². The van der Waals surface area contributed by atoms with E-state index < -0.39 is 0 Å². The molecule has 21 heavy (non-hydrogen) atoms. The first-order valence-corrected chi connectivity index (χ1v) is 7.92. The van der Waals surface area contributed by atoms with Gasteiger partial charge in [-0.2, -0.15) is 4.98 Å². The van der Waals surface area contributed by atoms with Gasteiger partial charge in [-0.15, -0.1) is 0 Å². The van der Waals surface area contributed by atoms with E-state index in [2.05, 4.69) is 48.1 Å². The Morgan fingerprint density at radius 3 is 2.43 bits per heavy atom. The van der Waals surface area contributed by atoms with Crippen molar-refractivity contribution in [1.29, 1.82) is 0 Å². The first-order chi connectivity index (χ1) is 10.2. The topological polar surface area (TPSA) is 41.1 Å². The highest BCUT2D eigenvalue weighted by Gasteiger charge is 2.16. The van der Waals surface area contributed by atoms with E-state index in [0.717, 1.165) is 29.8 Å². The quantitative estimate of drug-likeness (QED) is 0.837. The van der Waals surface area contributed by atoms with E-state index >= 15 is 0 Å². The second-order valence-corrected chi connectivity index (χ2v) is 5.36. The third-order valence-corrected chi connectivity index (χ3v) is 4.12. The van der Waals surface area contributed by atoms with Gasteiger partial charge in [0.05, 0.1) is 5.52 Å². The van der Waals surface area contributed by atoms with Crippen molar-refractivity contribution in [2.75, 3.05) is 30.4 Å². The molecule has 0 saturated carbocycles. The molecule has 1 aromatic heterocycles. The Labute approximate surface area is 127 Å². The van der Waals surface area contributed by atoms with Crippen molar-refractivity contribution in [1.82, 2.24) is 9.97 Å². The van der Waals surface area contributed by atoms with Crippen LogP contribution >= 0.6 is 0 Å². The monoisotopic (exact) mass is 286 g/mol. The van der Waals surface area contributed by atoms with Crippen LogP contribution in [0.25, 0.3) is 10.9 Å². The second-order valence-electron chi connectivity index (χ2n) is 5.36. The summed E-state index contributed by atoms with van der Waals surface area (Å²) in [4.78, 5) is 11.6. The number of nitrogens with zero attached hydrogens (tertiary/aromatic N) is 3. The summed E-state index contributed by atoms with van der Waals surface area (Å²) >= 11 is 0. The van der Waals surface area contributed by atoms with Gasteiger partial charge in [-0.25, -0.2) is 4.98 Å². The second kappa shape index (κ2) is 7.25. The van der Waals surface area contributed by atoms with Gasteiger partial charge in [0.1, 0.15) is 5.82 Å². The third-order valence-electron chi connectivity index (χ3n) is 4.12. The van der Waals surface area contributed by atoms with Crippen molar-refractivity contribution < 1.29 is 0 Å². The van der Waals surface area contributed by atoms with Gasteiger partial charge in [0.2, 0.25) is 5.95 Å². The lowest BCUT2D eigenvalue weighted by Gasteiger charge is -2.27. The van der Waals surface area contributed by atoms with E-state index in [1.807, 2.05) is 19.2 Å². The average molecular weight is 286 g/mol. The number of rotatable bonds is 7. The summed E-state index contributed by atoms with van der Waals surface area (Å²) in [6, 6.07) is 8.24. The van der Waals surface area contributed by atoms with Gasteiger partial charge < -0.3 is 10.2 Å². The number of fused-ring (bicyclic) bond motifs is 1. The Kier molecular flexibility index (Phi) is 5.37. The summed E-state index contributed by atoms with van der Waals surface area (Å²) < 4.78 is 0. The van der Waals surface area contributed by atoms with Gasteiger partial charge in [0.25, 0.3) is 0 Å². The smallest absolute Gasteiger partial charge is 0.224 e. The first-order valence-electron chi connectivity index (χ1n) is 7.92. The fourth-order valence-corrected chi connectivity index (χ4v) is 2.64. The molecule has 0 atom stereocenters. The van der Waals surface area contributed by atoms with Crippen LogP contribution < -0.4 is 10.2 Å². The lowest BCUT2D eigenvalue weighted by Crippen LogP contribution is -2.30. The van der Waals surface area contributed by atoms with Crippen molar-refractivity contribution >= 4 is 22.7 Å². The minimum absolute atomic E-state index is 0.687. The zero-order valence-electron chi connectivity index (χ0n) is 13.6. The maximum atomic E-state index is 4.72. The molecule has 1 heterocycles. The number of benzene rings is 1. The molecule has 1 N–H and O–H groups in total. The number of anilines is 2. The van der Waals surface area contributed by atoms with E-state index in [9.17, 15) is 0 Å². The normalized spacial score (nSPS) is 11.1. The van der Waals surface area contributed by atoms with Crippen molar-refractivity contribution in [3.05, 3.63) is 24.3 Å². The molecular weight excluding hydrogens is 260 g/mol. The summed E-state index contributed by atoms with van der Waals surface area (Å²) in [5, 5.41) is 4.20. The molecule has 114 valence electrons. The maximum Gasteiger partial charge on any atom is 0.224 e. The standard InChI is InChI=1S/C17H26N4/c1-5-13(6-2)12-21(7-3)16-14-10-8-9-11-15(14)19-17(18-4)20-16/h8-11,13H,5-7,12H2,1-4H3,(H,18,19,20). The predicted molar refractivity (Wildman–Crippen MR) is 91.0 cm³/mol. The minimum atomic E-state index is 0.687. The Bertz CT molecular complexity index is 578. The van der Waals surface area contributed by atoms with Crippen LogP contribution in [0.4, 0.5) is 11.8 Å². The molecule has 0 fully saturated rings. The van der Waals surface area contributed by atoms with E-state index in [1.165, 1.54) is 12.8 Å². The Balaban J connectivity index is 2.46. The fraction of sp³-hybridized carbons (Fsp3) is 0.529. The van der Waals surface area contributed by atoms with Crippen molar-refractivity contribution in [2.45, 2.75) is 33.6 Å². The Morgan fingerprint density at radius 2 is 1.81 bits per heavy atom. The average Bonchev–Trinajstić information content (AvgIpc) is 2.55. The number of para-hydroxylation sites is 1. The molecule has 0 aliphatic heterocycles. The van der Waals surface area contributed by atoms with Crippen LogP contribution in [0.3, 0.4) is 0 Å². The molecule has 0 spiro atoms. The lowest BCUT2D eigenvalue weighted by molar-refractivity contribution is 0.485. The Morgan fingerprint density at radius 1 is 1.10 bits per heavy atom. The summed E-state index contributed by atoms with van der Waals surface area (Å²) in [6.45, 7) is 8.73. The minimum Gasteiger partial charge on any atom is -0.357 e. The number of hydrogen-bond donors (Lipinski definition) is 1. The molecule has 0 unspecified atom stereocenters. The van der Waals surface area contributed by atoms with Gasteiger partial charge in [-0.3, -0.25) is 0 Å². The van der Waals surface area contributed by atoms with Gasteiger partial charge >= 0.3 is 0 Å². The summed E-state index contributed by atoms with van der Waals surface area (Å²) in [5.41, 5.74) is 0.995. The molecule has 0 aliphatic rings. The summed E-state index contributed by atoms with van der Waals surface area (Å²) in [6.07, 6.45) is 2.41. The number of aromatic nitrogens is 2. The van der Waals surface area contributed by atoms with Gasteiger partial charge in [0.15, 0.2) is 0 Å². The van der Waals surface area contributed by atoms with E-state index in [1.54, 1.807) is 0 Å². The molecule has 0 bridgehead atoms. The van der Waals surface area contributed by atoms with Gasteiger partial charge in [-0.05, 0) is 25.0 Å². The SMILES string of the molecule is CCC(CC)CN(CC)c1nc(NC)nc2ccccc12. The highest BCUT2D eigenvalue weighted by Crippen LogP contribution is 2.26. The van der Waals surface area contributed by atoms with Crippen LogP contribution in [0, 0.1) is 5.92 Å². The third kappa shape index (κ3) is 3.43. The zero-order valence-corrected chi connectivity index (χ0v) is 13.6. The molecule has 0 radical (unpaired) electrons. The van der Waals surface area contributed by atoms with Crippen LogP contribution in [-0.2, 0) is 0 Å². The van der Waals surface area contributed by atoms with Crippen molar-refractivity contribution in [2.24, 2.45) is 5.92 Å². The molecule has 2 rings (SSSR count). The first kappa shape index (κ1) is 15.5. The highest BCUT2D eigenvalue weighted by atomic mass is 15.2. The summed E-state index contributed by atoms with van der Waals surface area (Å²) in [7, 11) is 1.87. The molecule has 1 aromatic carbocycles. The van der Waals surface area contributed by atoms with E-state index in [0.29, 0.717) is 11.9 Å². The predicted octanol–water partition coefficient (Wildman–Crippen LogP) is 3.93. The molecule has 2 aromatic rings.